The Kier molecular flexibility index (Phi) is 4.54. The summed E-state index contributed by atoms with van der Waals surface area (Å²) in [5.74, 6) is 0.456. The zero-order chi connectivity index (χ0) is 18.1. The highest BCUT2D eigenvalue weighted by Crippen LogP contribution is 2.33. The average molecular weight is 372 g/mol. The van der Waals surface area contributed by atoms with Gasteiger partial charge in [-0.3, -0.25) is 9.69 Å². The molecule has 9 heteroatoms. The summed E-state index contributed by atoms with van der Waals surface area (Å²) in [5, 5.41) is 11.2. The molecule has 4 rings (SSSR count). The lowest BCUT2D eigenvalue weighted by Crippen LogP contribution is -2.33. The Labute approximate surface area is 155 Å². The second kappa shape index (κ2) is 6.99. The fraction of sp³-hybridized carbons (Fsp3) is 0.471. The van der Waals surface area contributed by atoms with Gasteiger partial charge in [-0.25, -0.2) is 9.78 Å². The molecule has 3 amide bonds. The molecule has 1 saturated heterocycles. The molecule has 8 nitrogen and oxygen atoms in total. The first kappa shape index (κ1) is 16.9. The number of nitrogens with zero attached hydrogens (tertiary/aromatic N) is 5. The van der Waals surface area contributed by atoms with Crippen molar-refractivity contribution in [2.24, 2.45) is 5.92 Å². The fourth-order valence-corrected chi connectivity index (χ4v) is 3.93. The van der Waals surface area contributed by atoms with E-state index in [0.717, 1.165) is 13.1 Å². The van der Waals surface area contributed by atoms with Crippen LogP contribution in [0.4, 0.5) is 9.93 Å². The van der Waals surface area contributed by atoms with Gasteiger partial charge in [0.05, 0.1) is 17.9 Å². The molecule has 3 heterocycles. The van der Waals surface area contributed by atoms with Crippen molar-refractivity contribution >= 4 is 28.4 Å². The first-order chi connectivity index (χ1) is 12.6. The van der Waals surface area contributed by atoms with Crippen molar-refractivity contribution in [3.05, 3.63) is 34.6 Å². The summed E-state index contributed by atoms with van der Waals surface area (Å²) in [6.45, 7) is 4.28. The van der Waals surface area contributed by atoms with Crippen LogP contribution in [-0.2, 0) is 6.54 Å². The highest BCUT2D eigenvalue weighted by molar-refractivity contribution is 7.17. The number of hydrogen-bond acceptors (Lipinski definition) is 6. The van der Waals surface area contributed by atoms with E-state index in [-0.39, 0.29) is 11.9 Å². The minimum Gasteiger partial charge on any atom is -0.346 e. The third-order valence-electron chi connectivity index (χ3n) is 4.55. The van der Waals surface area contributed by atoms with Gasteiger partial charge in [-0.15, -0.1) is 0 Å². The van der Waals surface area contributed by atoms with Crippen LogP contribution in [0, 0.1) is 12.8 Å². The molecule has 2 aliphatic rings. The lowest BCUT2D eigenvalue weighted by Gasteiger charge is -2.16. The molecular formula is C17H20N6O2S. The summed E-state index contributed by atoms with van der Waals surface area (Å²) in [7, 11) is 0. The van der Waals surface area contributed by atoms with Crippen molar-refractivity contribution in [3.63, 3.8) is 0 Å². The van der Waals surface area contributed by atoms with E-state index in [2.05, 4.69) is 20.5 Å². The van der Waals surface area contributed by atoms with Crippen molar-refractivity contribution in [2.75, 3.05) is 24.5 Å². The van der Waals surface area contributed by atoms with Crippen molar-refractivity contribution < 1.29 is 9.59 Å². The molecule has 1 saturated carbocycles. The van der Waals surface area contributed by atoms with Gasteiger partial charge in [0.15, 0.2) is 5.13 Å². The first-order valence-electron chi connectivity index (χ1n) is 8.70. The Bertz CT molecular complexity index is 820. The number of aryl methyl sites for hydroxylation is 1. The molecule has 1 aliphatic heterocycles. The number of aromatic nitrogens is 3. The number of carbonyl (C=O) groups excluding carboxylic acids is 2. The number of anilines is 1. The predicted molar refractivity (Wildman–Crippen MR) is 97.1 cm³/mol. The third-order valence-corrected chi connectivity index (χ3v) is 5.73. The highest BCUT2D eigenvalue weighted by atomic mass is 32.1. The van der Waals surface area contributed by atoms with E-state index in [9.17, 15) is 9.59 Å². The van der Waals surface area contributed by atoms with Crippen molar-refractivity contribution in [1.82, 2.24) is 25.4 Å². The molecule has 0 unspecified atom stereocenters. The largest absolute Gasteiger partial charge is 0.346 e. The molecule has 0 aromatic carbocycles. The Morgan fingerprint density at radius 2 is 2.23 bits per heavy atom. The molecule has 0 spiro atoms. The monoisotopic (exact) mass is 372 g/mol. The molecule has 136 valence electrons. The SMILES string of the molecule is Cc1nc(N2CCN(CC3CC3)C2=O)sc1C(=O)NCc1cccnn1. The van der Waals surface area contributed by atoms with Crippen LogP contribution in [-0.4, -0.2) is 51.7 Å². The molecule has 0 atom stereocenters. The number of hydrogen-bond donors (Lipinski definition) is 1. The minimum atomic E-state index is -0.210. The molecule has 1 N–H and O–H groups in total. The number of carbonyl (C=O) groups is 2. The Hall–Kier alpha value is -2.55. The van der Waals surface area contributed by atoms with Gasteiger partial charge < -0.3 is 10.2 Å². The van der Waals surface area contributed by atoms with E-state index in [0.29, 0.717) is 40.4 Å². The maximum Gasteiger partial charge on any atom is 0.326 e. The van der Waals surface area contributed by atoms with E-state index in [1.54, 1.807) is 30.2 Å². The van der Waals surface area contributed by atoms with Crippen molar-refractivity contribution in [2.45, 2.75) is 26.3 Å². The number of amides is 3. The van der Waals surface area contributed by atoms with E-state index in [4.69, 9.17) is 0 Å². The second-order valence-electron chi connectivity index (χ2n) is 6.63. The van der Waals surface area contributed by atoms with Crippen LogP contribution in [0.5, 0.6) is 0 Å². The molecule has 26 heavy (non-hydrogen) atoms. The fourth-order valence-electron chi connectivity index (χ4n) is 2.93. The number of nitrogens with one attached hydrogen (secondary N) is 1. The number of rotatable bonds is 6. The van der Waals surface area contributed by atoms with E-state index in [1.165, 1.54) is 24.2 Å². The maximum atomic E-state index is 12.6. The molecular weight excluding hydrogens is 352 g/mol. The van der Waals surface area contributed by atoms with Gasteiger partial charge in [0, 0.05) is 25.8 Å². The number of urea groups is 1. The van der Waals surface area contributed by atoms with Crippen LogP contribution in [0.2, 0.25) is 0 Å². The lowest BCUT2D eigenvalue weighted by atomic mass is 10.3. The van der Waals surface area contributed by atoms with E-state index in [1.807, 2.05) is 4.90 Å². The van der Waals surface area contributed by atoms with Gasteiger partial charge in [0.2, 0.25) is 0 Å². The van der Waals surface area contributed by atoms with Gasteiger partial charge in [-0.2, -0.15) is 10.2 Å². The average Bonchev–Trinajstić information content (AvgIpc) is 3.28. The van der Waals surface area contributed by atoms with Crippen LogP contribution >= 0.6 is 11.3 Å². The Morgan fingerprint density at radius 1 is 1.38 bits per heavy atom. The smallest absolute Gasteiger partial charge is 0.326 e. The van der Waals surface area contributed by atoms with Gasteiger partial charge in [0.1, 0.15) is 4.88 Å². The summed E-state index contributed by atoms with van der Waals surface area (Å²) in [5.41, 5.74) is 1.32. The quantitative estimate of drug-likeness (QED) is 0.835. The van der Waals surface area contributed by atoms with Gasteiger partial charge in [0.25, 0.3) is 5.91 Å². The first-order valence-corrected chi connectivity index (χ1v) is 9.52. The lowest BCUT2D eigenvalue weighted by molar-refractivity contribution is 0.0953. The topological polar surface area (TPSA) is 91.3 Å². The van der Waals surface area contributed by atoms with Crippen molar-refractivity contribution in [1.29, 1.82) is 0 Å². The van der Waals surface area contributed by atoms with E-state index < -0.39 is 0 Å². The molecule has 2 fully saturated rings. The van der Waals surface area contributed by atoms with Crippen LogP contribution < -0.4 is 10.2 Å². The molecule has 0 bridgehead atoms. The molecule has 1 aliphatic carbocycles. The van der Waals surface area contributed by atoms with Crippen LogP contribution in [0.1, 0.15) is 33.9 Å². The zero-order valence-corrected chi connectivity index (χ0v) is 15.3. The molecule has 0 radical (unpaired) electrons. The van der Waals surface area contributed by atoms with Crippen LogP contribution in [0.15, 0.2) is 18.3 Å². The predicted octanol–water partition coefficient (Wildman–Crippen LogP) is 1.82. The van der Waals surface area contributed by atoms with Crippen LogP contribution in [0.3, 0.4) is 0 Å². The maximum absolute atomic E-state index is 12.6. The van der Waals surface area contributed by atoms with E-state index >= 15 is 0 Å². The molecule has 2 aromatic heterocycles. The normalized spacial score (nSPS) is 17.0. The summed E-state index contributed by atoms with van der Waals surface area (Å²) in [6.07, 6.45) is 4.02. The summed E-state index contributed by atoms with van der Waals surface area (Å²) < 4.78 is 0. The second-order valence-corrected chi connectivity index (χ2v) is 7.61. The minimum absolute atomic E-state index is 0.00262. The third kappa shape index (κ3) is 3.52. The number of thiazole rings is 1. The summed E-state index contributed by atoms with van der Waals surface area (Å²) in [6, 6.07) is 3.57. The van der Waals surface area contributed by atoms with Gasteiger partial charge in [-0.05, 0) is 37.8 Å². The summed E-state index contributed by atoms with van der Waals surface area (Å²) in [4.78, 5) is 33.6. The Balaban J connectivity index is 1.42. The summed E-state index contributed by atoms with van der Waals surface area (Å²) >= 11 is 1.26. The standard InChI is InChI=1S/C17H20N6O2S/c1-11-14(15(24)18-9-13-3-2-6-19-21-13)26-16(20-11)23-8-7-22(17(23)25)10-12-4-5-12/h2-3,6,12H,4-5,7-10H2,1H3,(H,18,24). The molecule has 2 aromatic rings. The van der Waals surface area contributed by atoms with Crippen molar-refractivity contribution in [3.8, 4) is 0 Å². The van der Waals surface area contributed by atoms with Gasteiger partial charge in [-0.1, -0.05) is 11.3 Å². The Morgan fingerprint density at radius 3 is 2.96 bits per heavy atom. The highest BCUT2D eigenvalue weighted by Gasteiger charge is 2.35. The zero-order valence-electron chi connectivity index (χ0n) is 14.5. The van der Waals surface area contributed by atoms with Gasteiger partial charge >= 0.3 is 6.03 Å². The van der Waals surface area contributed by atoms with Crippen LogP contribution in [0.25, 0.3) is 0 Å².